The molecule has 2 aromatic rings. The molecule has 0 bridgehead atoms. The van der Waals surface area contributed by atoms with Crippen molar-refractivity contribution in [3.8, 4) is 0 Å². The highest BCUT2D eigenvalue weighted by molar-refractivity contribution is 5.33. The number of aliphatic hydroxyl groups is 1. The lowest BCUT2D eigenvalue weighted by atomic mass is 9.91. The molecule has 0 aliphatic carbocycles. The van der Waals surface area contributed by atoms with E-state index in [-0.39, 0.29) is 11.9 Å². The van der Waals surface area contributed by atoms with E-state index in [0.29, 0.717) is 13.0 Å². The van der Waals surface area contributed by atoms with E-state index in [1.165, 1.54) is 17.7 Å². The molecule has 0 radical (unpaired) electrons. The summed E-state index contributed by atoms with van der Waals surface area (Å²) in [7, 11) is 0. The van der Waals surface area contributed by atoms with Gasteiger partial charge >= 0.3 is 0 Å². The molecule has 2 aromatic carbocycles. The zero-order valence-corrected chi connectivity index (χ0v) is 12.1. The van der Waals surface area contributed by atoms with Crippen LogP contribution in [0, 0.1) is 12.7 Å². The first-order chi connectivity index (χ1) is 10.1. The van der Waals surface area contributed by atoms with Crippen molar-refractivity contribution in [3.05, 3.63) is 70.5 Å². The molecular formula is C18H19FO2. The number of hydrogen-bond donors (Lipinski definition) is 1. The third kappa shape index (κ3) is 2.99. The predicted octanol–water partition coefficient (Wildman–Crippen LogP) is 3.35. The lowest BCUT2D eigenvalue weighted by Gasteiger charge is -2.30. The van der Waals surface area contributed by atoms with E-state index in [9.17, 15) is 9.50 Å². The minimum atomic E-state index is -0.629. The quantitative estimate of drug-likeness (QED) is 0.937. The van der Waals surface area contributed by atoms with E-state index in [4.69, 9.17) is 4.74 Å². The van der Waals surface area contributed by atoms with Crippen molar-refractivity contribution < 1.29 is 14.2 Å². The van der Waals surface area contributed by atoms with Crippen LogP contribution in [-0.4, -0.2) is 17.8 Å². The van der Waals surface area contributed by atoms with E-state index in [1.54, 1.807) is 6.07 Å². The Morgan fingerprint density at radius 1 is 1.29 bits per heavy atom. The lowest BCUT2D eigenvalue weighted by molar-refractivity contribution is -0.0461. The maximum absolute atomic E-state index is 13.1. The highest BCUT2D eigenvalue weighted by atomic mass is 19.1. The normalized spacial score (nSPS) is 19.1. The van der Waals surface area contributed by atoms with Crippen molar-refractivity contribution in [2.45, 2.75) is 32.0 Å². The Balaban J connectivity index is 1.81. The highest BCUT2D eigenvalue weighted by Crippen LogP contribution is 2.31. The smallest absolute Gasteiger partial charge is 0.123 e. The summed E-state index contributed by atoms with van der Waals surface area (Å²) >= 11 is 0. The van der Waals surface area contributed by atoms with Gasteiger partial charge in [0.1, 0.15) is 11.9 Å². The zero-order chi connectivity index (χ0) is 14.8. The van der Waals surface area contributed by atoms with Crippen LogP contribution < -0.4 is 0 Å². The highest BCUT2D eigenvalue weighted by Gasteiger charge is 2.27. The largest absolute Gasteiger partial charge is 0.390 e. The van der Waals surface area contributed by atoms with Crippen LogP contribution in [0.2, 0.25) is 0 Å². The monoisotopic (exact) mass is 286 g/mol. The molecule has 0 fully saturated rings. The summed E-state index contributed by atoms with van der Waals surface area (Å²) in [5.74, 6) is -0.245. The van der Waals surface area contributed by atoms with Gasteiger partial charge in [-0.05, 0) is 47.7 Å². The predicted molar refractivity (Wildman–Crippen MR) is 79.7 cm³/mol. The molecular weight excluding hydrogens is 267 g/mol. The number of halogens is 1. The van der Waals surface area contributed by atoms with Crippen LogP contribution in [0.4, 0.5) is 4.39 Å². The Morgan fingerprint density at radius 3 is 2.90 bits per heavy atom. The number of aliphatic hydroxyl groups excluding tert-OH is 1. The second-order valence-electron chi connectivity index (χ2n) is 5.58. The minimum Gasteiger partial charge on any atom is -0.390 e. The van der Waals surface area contributed by atoms with Gasteiger partial charge in [0.2, 0.25) is 0 Å². The molecule has 2 nitrogen and oxygen atoms in total. The Labute approximate surface area is 124 Å². The molecule has 2 atom stereocenters. The van der Waals surface area contributed by atoms with Crippen molar-refractivity contribution >= 4 is 0 Å². The van der Waals surface area contributed by atoms with Crippen LogP contribution in [-0.2, 0) is 17.6 Å². The van der Waals surface area contributed by atoms with E-state index >= 15 is 0 Å². The first-order valence-electron chi connectivity index (χ1n) is 7.27. The fourth-order valence-electron chi connectivity index (χ4n) is 2.96. The van der Waals surface area contributed by atoms with Gasteiger partial charge in [-0.15, -0.1) is 0 Å². The fraction of sp³-hybridized carbons (Fsp3) is 0.333. The average Bonchev–Trinajstić information content (AvgIpc) is 2.49. The maximum Gasteiger partial charge on any atom is 0.123 e. The Bertz CT molecular complexity index is 639. The minimum absolute atomic E-state index is 0.245. The van der Waals surface area contributed by atoms with Gasteiger partial charge in [0.15, 0.2) is 0 Å². The molecule has 0 amide bonds. The molecule has 1 heterocycles. The number of ether oxygens (including phenoxy) is 1. The Kier molecular flexibility index (Phi) is 4.04. The van der Waals surface area contributed by atoms with Crippen molar-refractivity contribution in [1.82, 2.24) is 0 Å². The lowest BCUT2D eigenvalue weighted by Crippen LogP contribution is -2.28. The topological polar surface area (TPSA) is 29.5 Å². The second-order valence-corrected chi connectivity index (χ2v) is 5.58. The summed E-state index contributed by atoms with van der Waals surface area (Å²) in [5, 5.41) is 10.5. The maximum atomic E-state index is 13.1. The van der Waals surface area contributed by atoms with Gasteiger partial charge in [0.05, 0.1) is 12.7 Å². The number of rotatable bonds is 3. The van der Waals surface area contributed by atoms with Crippen LogP contribution in [0.1, 0.15) is 28.4 Å². The second kappa shape index (κ2) is 5.96. The summed E-state index contributed by atoms with van der Waals surface area (Å²) in [6.07, 6.45) is 0.412. The van der Waals surface area contributed by atoms with Gasteiger partial charge in [-0.1, -0.05) is 30.3 Å². The van der Waals surface area contributed by atoms with Crippen molar-refractivity contribution in [1.29, 1.82) is 0 Å². The van der Waals surface area contributed by atoms with Crippen molar-refractivity contribution in [2.75, 3.05) is 6.61 Å². The SMILES string of the molecule is Cc1cc(F)ccc1CC(O)C1OCCc2ccccc21. The molecule has 3 rings (SSSR count). The zero-order valence-electron chi connectivity index (χ0n) is 12.1. The van der Waals surface area contributed by atoms with Gasteiger partial charge in [-0.2, -0.15) is 0 Å². The molecule has 1 aliphatic rings. The Hall–Kier alpha value is -1.71. The van der Waals surface area contributed by atoms with Gasteiger partial charge < -0.3 is 9.84 Å². The molecule has 1 N–H and O–H groups in total. The number of hydrogen-bond acceptors (Lipinski definition) is 2. The Morgan fingerprint density at radius 2 is 2.10 bits per heavy atom. The molecule has 0 saturated carbocycles. The van der Waals surface area contributed by atoms with Gasteiger partial charge in [-0.25, -0.2) is 4.39 Å². The van der Waals surface area contributed by atoms with Crippen LogP contribution in [0.5, 0.6) is 0 Å². The molecule has 3 heteroatoms. The van der Waals surface area contributed by atoms with Gasteiger partial charge in [0.25, 0.3) is 0 Å². The molecule has 1 aliphatic heterocycles. The standard InChI is InChI=1S/C18H19FO2/c1-12-10-15(19)7-6-14(12)11-17(20)18-16-5-3-2-4-13(16)8-9-21-18/h2-7,10,17-18,20H,8-9,11H2,1H3. The summed E-state index contributed by atoms with van der Waals surface area (Å²) in [5.41, 5.74) is 4.12. The third-order valence-electron chi connectivity index (χ3n) is 4.11. The van der Waals surface area contributed by atoms with E-state index in [1.807, 2.05) is 25.1 Å². The van der Waals surface area contributed by atoms with Gasteiger partial charge in [0, 0.05) is 6.42 Å². The summed E-state index contributed by atoms with van der Waals surface area (Å²) < 4.78 is 18.9. The van der Waals surface area contributed by atoms with E-state index in [2.05, 4.69) is 6.07 Å². The molecule has 0 aromatic heterocycles. The molecule has 110 valence electrons. The van der Waals surface area contributed by atoms with Crippen LogP contribution >= 0.6 is 0 Å². The van der Waals surface area contributed by atoms with E-state index < -0.39 is 6.10 Å². The summed E-state index contributed by atoms with van der Waals surface area (Å²) in [6.45, 7) is 2.49. The molecule has 21 heavy (non-hydrogen) atoms. The van der Waals surface area contributed by atoms with Crippen molar-refractivity contribution in [3.63, 3.8) is 0 Å². The number of benzene rings is 2. The van der Waals surface area contributed by atoms with Crippen LogP contribution in [0.25, 0.3) is 0 Å². The number of fused-ring (bicyclic) bond motifs is 1. The first-order valence-corrected chi connectivity index (χ1v) is 7.27. The van der Waals surface area contributed by atoms with Crippen LogP contribution in [0.3, 0.4) is 0 Å². The summed E-state index contributed by atoms with van der Waals surface area (Å²) in [4.78, 5) is 0. The summed E-state index contributed by atoms with van der Waals surface area (Å²) in [6, 6.07) is 12.7. The van der Waals surface area contributed by atoms with E-state index in [0.717, 1.165) is 23.1 Å². The molecule has 2 unspecified atom stereocenters. The number of aryl methyl sites for hydroxylation is 1. The first kappa shape index (κ1) is 14.2. The van der Waals surface area contributed by atoms with Crippen LogP contribution in [0.15, 0.2) is 42.5 Å². The third-order valence-corrected chi connectivity index (χ3v) is 4.11. The molecule has 0 spiro atoms. The fourth-order valence-corrected chi connectivity index (χ4v) is 2.96. The van der Waals surface area contributed by atoms with Crippen molar-refractivity contribution in [2.24, 2.45) is 0 Å². The molecule has 0 saturated heterocycles. The van der Waals surface area contributed by atoms with Gasteiger partial charge in [-0.3, -0.25) is 0 Å². The average molecular weight is 286 g/mol.